The lowest BCUT2D eigenvalue weighted by molar-refractivity contribution is 0.142. The summed E-state index contributed by atoms with van der Waals surface area (Å²) in [6, 6.07) is 2.84. The minimum Gasteiger partial charge on any atom is -0.394 e. The fourth-order valence-electron chi connectivity index (χ4n) is 2.39. The van der Waals surface area contributed by atoms with Crippen molar-refractivity contribution in [3.05, 3.63) is 23.5 Å². The van der Waals surface area contributed by atoms with Crippen LogP contribution in [0.3, 0.4) is 0 Å². The molecule has 1 aromatic rings. The first kappa shape index (κ1) is 14.7. The highest BCUT2D eigenvalue weighted by atomic mass is 35.5. The standard InChI is InChI=1S/C12H17ClN2O3S/c13-11-5-4-10(8-14-11)19(17,18)15-12(9-16)6-2-1-3-7-12/h4-5,8,15-16H,1-3,6-7,9H2. The fourth-order valence-corrected chi connectivity index (χ4v) is 3.89. The molecule has 0 unspecified atom stereocenters. The summed E-state index contributed by atoms with van der Waals surface area (Å²) in [5, 5.41) is 9.78. The van der Waals surface area contributed by atoms with Gasteiger partial charge in [0.1, 0.15) is 10.0 Å². The van der Waals surface area contributed by atoms with Crippen LogP contribution in [0.5, 0.6) is 0 Å². The van der Waals surface area contributed by atoms with Crippen LogP contribution < -0.4 is 4.72 Å². The van der Waals surface area contributed by atoms with E-state index in [2.05, 4.69) is 9.71 Å². The summed E-state index contributed by atoms with van der Waals surface area (Å²) < 4.78 is 27.2. The van der Waals surface area contributed by atoms with Crippen LogP contribution in [0.2, 0.25) is 5.15 Å². The Morgan fingerprint density at radius 2 is 2.00 bits per heavy atom. The zero-order valence-corrected chi connectivity index (χ0v) is 12.0. The highest BCUT2D eigenvalue weighted by Crippen LogP contribution is 2.29. The molecule has 0 saturated heterocycles. The zero-order chi connectivity index (χ0) is 13.9. The largest absolute Gasteiger partial charge is 0.394 e. The number of rotatable bonds is 4. The average molecular weight is 305 g/mol. The van der Waals surface area contributed by atoms with Crippen LogP contribution in [-0.2, 0) is 10.0 Å². The molecule has 0 spiro atoms. The quantitative estimate of drug-likeness (QED) is 0.830. The van der Waals surface area contributed by atoms with Gasteiger partial charge in [-0.2, -0.15) is 0 Å². The Morgan fingerprint density at radius 1 is 1.32 bits per heavy atom. The van der Waals surface area contributed by atoms with E-state index >= 15 is 0 Å². The second kappa shape index (κ2) is 5.75. The molecule has 106 valence electrons. The lowest BCUT2D eigenvalue weighted by atomic mass is 9.83. The summed E-state index contributed by atoms with van der Waals surface area (Å²) in [5.74, 6) is 0. The SMILES string of the molecule is O=S(=O)(NC1(CO)CCCCC1)c1ccc(Cl)nc1. The van der Waals surface area contributed by atoms with Crippen molar-refractivity contribution in [1.82, 2.24) is 9.71 Å². The van der Waals surface area contributed by atoms with Crippen molar-refractivity contribution < 1.29 is 13.5 Å². The van der Waals surface area contributed by atoms with Crippen LogP contribution in [0, 0.1) is 0 Å². The minimum absolute atomic E-state index is 0.0651. The van der Waals surface area contributed by atoms with Gasteiger partial charge >= 0.3 is 0 Å². The highest BCUT2D eigenvalue weighted by molar-refractivity contribution is 7.89. The molecule has 0 atom stereocenters. The predicted octanol–water partition coefficient (Wildman–Crippen LogP) is 1.71. The maximum absolute atomic E-state index is 12.3. The monoisotopic (exact) mass is 304 g/mol. The van der Waals surface area contributed by atoms with Crippen molar-refractivity contribution in [2.75, 3.05) is 6.61 Å². The lowest BCUT2D eigenvalue weighted by Crippen LogP contribution is -2.52. The lowest BCUT2D eigenvalue weighted by Gasteiger charge is -2.35. The second-order valence-corrected chi connectivity index (χ2v) is 6.99. The summed E-state index contributed by atoms with van der Waals surface area (Å²) >= 11 is 5.64. The molecule has 0 amide bonds. The first-order chi connectivity index (χ1) is 8.97. The number of halogens is 1. The van der Waals surface area contributed by atoms with Crippen molar-refractivity contribution in [1.29, 1.82) is 0 Å². The van der Waals surface area contributed by atoms with Crippen molar-refractivity contribution in [3.63, 3.8) is 0 Å². The number of sulfonamides is 1. The summed E-state index contributed by atoms with van der Waals surface area (Å²) in [4.78, 5) is 3.84. The van der Waals surface area contributed by atoms with Gasteiger partial charge in [0.2, 0.25) is 10.0 Å². The Balaban J connectivity index is 2.22. The number of aliphatic hydroxyl groups is 1. The van der Waals surface area contributed by atoms with E-state index in [4.69, 9.17) is 11.6 Å². The smallest absolute Gasteiger partial charge is 0.242 e. The van der Waals surface area contributed by atoms with Crippen LogP contribution >= 0.6 is 11.6 Å². The van der Waals surface area contributed by atoms with Crippen LogP contribution in [-0.4, -0.2) is 30.7 Å². The molecule has 0 radical (unpaired) electrons. The first-order valence-electron chi connectivity index (χ1n) is 6.24. The molecule has 1 aliphatic rings. The third kappa shape index (κ3) is 3.45. The van der Waals surface area contributed by atoms with Crippen LogP contribution in [0.4, 0.5) is 0 Å². The topological polar surface area (TPSA) is 79.3 Å². The van der Waals surface area contributed by atoms with Gasteiger partial charge in [-0.25, -0.2) is 18.1 Å². The fraction of sp³-hybridized carbons (Fsp3) is 0.583. The molecule has 7 heteroatoms. The normalized spacial score (nSPS) is 19.3. The third-order valence-electron chi connectivity index (χ3n) is 3.47. The number of nitrogens with zero attached hydrogens (tertiary/aromatic N) is 1. The van der Waals surface area contributed by atoms with Gasteiger partial charge < -0.3 is 5.11 Å². The second-order valence-electron chi connectivity index (χ2n) is 4.92. The molecule has 19 heavy (non-hydrogen) atoms. The minimum atomic E-state index is -3.68. The molecular formula is C12H17ClN2O3S. The van der Waals surface area contributed by atoms with E-state index < -0.39 is 15.6 Å². The van der Waals surface area contributed by atoms with E-state index in [1.165, 1.54) is 18.3 Å². The summed E-state index contributed by atoms with van der Waals surface area (Å²) in [5.41, 5.74) is -0.739. The van der Waals surface area contributed by atoms with Crippen molar-refractivity contribution in [2.45, 2.75) is 42.5 Å². The molecule has 0 bridgehead atoms. The van der Waals surface area contributed by atoms with Gasteiger partial charge in [-0.1, -0.05) is 30.9 Å². The number of hydrogen-bond acceptors (Lipinski definition) is 4. The molecule has 1 aromatic heterocycles. The number of nitrogens with one attached hydrogen (secondary N) is 1. The predicted molar refractivity (Wildman–Crippen MR) is 72.5 cm³/mol. The number of hydrogen-bond donors (Lipinski definition) is 2. The number of aliphatic hydroxyl groups excluding tert-OH is 1. The van der Waals surface area contributed by atoms with Gasteiger partial charge in [0.25, 0.3) is 0 Å². The van der Waals surface area contributed by atoms with Crippen molar-refractivity contribution >= 4 is 21.6 Å². The Morgan fingerprint density at radius 3 is 2.53 bits per heavy atom. The van der Waals surface area contributed by atoms with Crippen molar-refractivity contribution in [2.24, 2.45) is 0 Å². The van der Waals surface area contributed by atoms with Gasteiger partial charge in [0, 0.05) is 6.20 Å². The molecule has 2 rings (SSSR count). The van der Waals surface area contributed by atoms with Gasteiger partial charge in [-0.3, -0.25) is 0 Å². The van der Waals surface area contributed by atoms with E-state index in [0.717, 1.165) is 19.3 Å². The highest BCUT2D eigenvalue weighted by Gasteiger charge is 2.36. The molecule has 0 aliphatic heterocycles. The van der Waals surface area contributed by atoms with Gasteiger partial charge in [0.05, 0.1) is 12.1 Å². The van der Waals surface area contributed by atoms with Crippen LogP contribution in [0.25, 0.3) is 0 Å². The number of pyridine rings is 1. The molecule has 2 N–H and O–H groups in total. The maximum atomic E-state index is 12.3. The maximum Gasteiger partial charge on any atom is 0.242 e. The third-order valence-corrected chi connectivity index (χ3v) is 5.26. The summed E-state index contributed by atoms with van der Waals surface area (Å²) in [6.45, 7) is -0.187. The average Bonchev–Trinajstić information content (AvgIpc) is 2.40. The van der Waals surface area contributed by atoms with Gasteiger partial charge in [-0.05, 0) is 25.0 Å². The Bertz CT molecular complexity index is 524. The van der Waals surface area contributed by atoms with E-state index in [1.54, 1.807) is 0 Å². The van der Waals surface area contributed by atoms with Gasteiger partial charge in [0.15, 0.2) is 0 Å². The molecular weight excluding hydrogens is 288 g/mol. The van der Waals surface area contributed by atoms with E-state index in [1.807, 2.05) is 0 Å². The summed E-state index contributed by atoms with van der Waals surface area (Å²) in [7, 11) is -3.68. The molecule has 1 aliphatic carbocycles. The molecule has 0 aromatic carbocycles. The number of aromatic nitrogens is 1. The van der Waals surface area contributed by atoms with E-state index in [-0.39, 0.29) is 16.7 Å². The first-order valence-corrected chi connectivity index (χ1v) is 8.10. The molecule has 1 fully saturated rings. The van der Waals surface area contributed by atoms with E-state index in [9.17, 15) is 13.5 Å². The van der Waals surface area contributed by atoms with Crippen molar-refractivity contribution in [3.8, 4) is 0 Å². The van der Waals surface area contributed by atoms with Crippen LogP contribution in [0.15, 0.2) is 23.2 Å². The zero-order valence-electron chi connectivity index (χ0n) is 10.5. The Kier molecular flexibility index (Phi) is 4.45. The summed E-state index contributed by atoms with van der Waals surface area (Å²) in [6.07, 6.45) is 5.45. The van der Waals surface area contributed by atoms with Gasteiger partial charge in [-0.15, -0.1) is 0 Å². The Hall–Kier alpha value is -0.690. The molecule has 1 saturated carbocycles. The molecule has 1 heterocycles. The Labute approximate surface area is 118 Å². The van der Waals surface area contributed by atoms with Crippen LogP contribution in [0.1, 0.15) is 32.1 Å². The molecule has 5 nitrogen and oxygen atoms in total. The van der Waals surface area contributed by atoms with E-state index in [0.29, 0.717) is 12.8 Å².